The molecule has 1 aromatic rings. The molecule has 0 radical (unpaired) electrons. The van der Waals surface area contributed by atoms with Crippen molar-refractivity contribution in [2.75, 3.05) is 39.5 Å². The van der Waals surface area contributed by atoms with Crippen LogP contribution in [-0.4, -0.2) is 50.3 Å². The van der Waals surface area contributed by atoms with Crippen molar-refractivity contribution in [3.05, 3.63) is 23.8 Å². The summed E-state index contributed by atoms with van der Waals surface area (Å²) in [6.45, 7) is 7.35. The molecule has 1 aliphatic rings. The third-order valence-electron chi connectivity index (χ3n) is 3.09. The van der Waals surface area contributed by atoms with E-state index in [9.17, 15) is 4.79 Å². The van der Waals surface area contributed by atoms with Gasteiger partial charge in [0.2, 0.25) is 0 Å². The normalized spacial score (nSPS) is 15.0. The molecule has 0 saturated carbocycles. The highest BCUT2D eigenvalue weighted by atomic mass is 16.5. The SMILES string of the molecule is CCOc1ccc(C(=O)N2CCOCC2)c(OCC)c1. The van der Waals surface area contributed by atoms with E-state index in [1.807, 2.05) is 13.8 Å². The van der Waals surface area contributed by atoms with Crippen molar-refractivity contribution < 1.29 is 19.0 Å². The number of ether oxygens (including phenoxy) is 3. The van der Waals surface area contributed by atoms with E-state index in [0.717, 1.165) is 5.75 Å². The monoisotopic (exact) mass is 279 g/mol. The maximum Gasteiger partial charge on any atom is 0.257 e. The summed E-state index contributed by atoms with van der Waals surface area (Å²) in [6, 6.07) is 5.36. The molecule has 2 rings (SSSR count). The van der Waals surface area contributed by atoms with Gasteiger partial charge >= 0.3 is 0 Å². The highest BCUT2D eigenvalue weighted by Crippen LogP contribution is 2.26. The van der Waals surface area contributed by atoms with Crippen LogP contribution >= 0.6 is 0 Å². The third-order valence-corrected chi connectivity index (χ3v) is 3.09. The van der Waals surface area contributed by atoms with Gasteiger partial charge in [-0.15, -0.1) is 0 Å². The maximum absolute atomic E-state index is 12.5. The average molecular weight is 279 g/mol. The third kappa shape index (κ3) is 3.42. The fourth-order valence-corrected chi connectivity index (χ4v) is 2.15. The first kappa shape index (κ1) is 14.7. The highest BCUT2D eigenvalue weighted by molar-refractivity contribution is 5.97. The predicted molar refractivity (Wildman–Crippen MR) is 75.5 cm³/mol. The van der Waals surface area contributed by atoms with Crippen LogP contribution in [0.2, 0.25) is 0 Å². The van der Waals surface area contributed by atoms with Crippen LogP contribution in [0.3, 0.4) is 0 Å². The summed E-state index contributed by atoms with van der Waals surface area (Å²) >= 11 is 0. The first-order valence-electron chi connectivity index (χ1n) is 7.03. The number of hydrogen-bond donors (Lipinski definition) is 0. The Morgan fingerprint density at radius 1 is 1.20 bits per heavy atom. The Balaban J connectivity index is 2.22. The number of rotatable bonds is 5. The summed E-state index contributed by atoms with van der Waals surface area (Å²) in [7, 11) is 0. The molecule has 20 heavy (non-hydrogen) atoms. The summed E-state index contributed by atoms with van der Waals surface area (Å²) < 4.78 is 16.3. The Morgan fingerprint density at radius 2 is 1.90 bits per heavy atom. The van der Waals surface area contributed by atoms with E-state index >= 15 is 0 Å². The summed E-state index contributed by atoms with van der Waals surface area (Å²) in [4.78, 5) is 14.3. The number of benzene rings is 1. The molecule has 0 bridgehead atoms. The van der Waals surface area contributed by atoms with Gasteiger partial charge in [-0.1, -0.05) is 0 Å². The molecule has 1 saturated heterocycles. The van der Waals surface area contributed by atoms with Crippen molar-refractivity contribution in [2.45, 2.75) is 13.8 Å². The van der Waals surface area contributed by atoms with Crippen molar-refractivity contribution >= 4 is 5.91 Å². The van der Waals surface area contributed by atoms with E-state index in [4.69, 9.17) is 14.2 Å². The Bertz CT molecular complexity index is 455. The van der Waals surface area contributed by atoms with Crippen molar-refractivity contribution in [2.24, 2.45) is 0 Å². The van der Waals surface area contributed by atoms with Gasteiger partial charge < -0.3 is 19.1 Å². The molecular formula is C15H21NO4. The molecule has 1 heterocycles. The topological polar surface area (TPSA) is 48.0 Å². The lowest BCUT2D eigenvalue weighted by atomic mass is 10.1. The zero-order valence-electron chi connectivity index (χ0n) is 12.1. The Morgan fingerprint density at radius 3 is 2.55 bits per heavy atom. The van der Waals surface area contributed by atoms with Crippen LogP contribution in [0.25, 0.3) is 0 Å². The number of nitrogens with zero attached hydrogens (tertiary/aromatic N) is 1. The average Bonchev–Trinajstić information content (AvgIpc) is 2.48. The van der Waals surface area contributed by atoms with Gasteiger partial charge in [-0.05, 0) is 26.0 Å². The molecular weight excluding hydrogens is 258 g/mol. The first-order chi connectivity index (χ1) is 9.76. The molecule has 1 aromatic carbocycles. The number of hydrogen-bond acceptors (Lipinski definition) is 4. The fourth-order valence-electron chi connectivity index (χ4n) is 2.15. The van der Waals surface area contributed by atoms with E-state index in [0.29, 0.717) is 50.8 Å². The maximum atomic E-state index is 12.5. The van der Waals surface area contributed by atoms with E-state index in [2.05, 4.69) is 0 Å². The van der Waals surface area contributed by atoms with E-state index in [1.54, 1.807) is 23.1 Å². The van der Waals surface area contributed by atoms with E-state index < -0.39 is 0 Å². The first-order valence-corrected chi connectivity index (χ1v) is 7.03. The second-order valence-electron chi connectivity index (χ2n) is 4.43. The van der Waals surface area contributed by atoms with Crippen LogP contribution in [0.5, 0.6) is 11.5 Å². The largest absolute Gasteiger partial charge is 0.494 e. The Hall–Kier alpha value is -1.75. The smallest absolute Gasteiger partial charge is 0.257 e. The van der Waals surface area contributed by atoms with Crippen LogP contribution in [0.1, 0.15) is 24.2 Å². The zero-order chi connectivity index (χ0) is 14.4. The molecule has 0 aliphatic carbocycles. The second-order valence-corrected chi connectivity index (χ2v) is 4.43. The quantitative estimate of drug-likeness (QED) is 0.826. The molecule has 1 fully saturated rings. The molecule has 0 spiro atoms. The minimum Gasteiger partial charge on any atom is -0.494 e. The van der Waals surface area contributed by atoms with Gasteiger partial charge in [0.15, 0.2) is 0 Å². The minimum atomic E-state index is -0.0141. The molecule has 5 heteroatoms. The molecule has 0 aromatic heterocycles. The fraction of sp³-hybridized carbons (Fsp3) is 0.533. The van der Waals surface area contributed by atoms with Gasteiger partial charge in [0, 0.05) is 19.2 Å². The van der Waals surface area contributed by atoms with E-state index in [-0.39, 0.29) is 5.91 Å². The number of amides is 1. The van der Waals surface area contributed by atoms with Gasteiger partial charge in [0.25, 0.3) is 5.91 Å². The van der Waals surface area contributed by atoms with Crippen LogP contribution < -0.4 is 9.47 Å². The Kier molecular flexibility index (Phi) is 5.24. The summed E-state index contributed by atoms with van der Waals surface area (Å²) in [5.41, 5.74) is 0.581. The molecule has 110 valence electrons. The summed E-state index contributed by atoms with van der Waals surface area (Å²) in [5, 5.41) is 0. The zero-order valence-corrected chi connectivity index (χ0v) is 12.1. The molecule has 5 nitrogen and oxygen atoms in total. The molecule has 0 atom stereocenters. The minimum absolute atomic E-state index is 0.0141. The van der Waals surface area contributed by atoms with Crippen LogP contribution in [0.4, 0.5) is 0 Å². The summed E-state index contributed by atoms with van der Waals surface area (Å²) in [6.07, 6.45) is 0. The van der Waals surface area contributed by atoms with Gasteiger partial charge in [-0.2, -0.15) is 0 Å². The molecule has 1 amide bonds. The van der Waals surface area contributed by atoms with Crippen molar-refractivity contribution in [1.82, 2.24) is 4.90 Å². The Labute approximate surface area is 119 Å². The van der Waals surface area contributed by atoms with Gasteiger partial charge in [0.05, 0.1) is 32.0 Å². The van der Waals surface area contributed by atoms with Crippen molar-refractivity contribution in [1.29, 1.82) is 0 Å². The summed E-state index contributed by atoms with van der Waals surface area (Å²) in [5.74, 6) is 1.28. The number of carbonyl (C=O) groups is 1. The van der Waals surface area contributed by atoms with Gasteiger partial charge in [-0.3, -0.25) is 4.79 Å². The highest BCUT2D eigenvalue weighted by Gasteiger charge is 2.22. The number of carbonyl (C=O) groups excluding carboxylic acids is 1. The van der Waals surface area contributed by atoms with Crippen molar-refractivity contribution in [3.8, 4) is 11.5 Å². The lowest BCUT2D eigenvalue weighted by Crippen LogP contribution is -2.40. The van der Waals surface area contributed by atoms with E-state index in [1.165, 1.54) is 0 Å². The van der Waals surface area contributed by atoms with Crippen LogP contribution in [-0.2, 0) is 4.74 Å². The molecule has 1 aliphatic heterocycles. The molecule has 0 unspecified atom stereocenters. The standard InChI is InChI=1S/C15H21NO4/c1-3-19-12-5-6-13(14(11-12)20-4-2)15(17)16-7-9-18-10-8-16/h5-6,11H,3-4,7-10H2,1-2H3. The second kappa shape index (κ2) is 7.14. The lowest BCUT2D eigenvalue weighted by Gasteiger charge is -2.27. The lowest BCUT2D eigenvalue weighted by molar-refractivity contribution is 0.0300. The van der Waals surface area contributed by atoms with Crippen molar-refractivity contribution in [3.63, 3.8) is 0 Å². The van der Waals surface area contributed by atoms with Gasteiger partial charge in [-0.25, -0.2) is 0 Å². The predicted octanol–water partition coefficient (Wildman–Crippen LogP) is 1.96. The van der Waals surface area contributed by atoms with Crippen LogP contribution in [0.15, 0.2) is 18.2 Å². The van der Waals surface area contributed by atoms with Gasteiger partial charge in [0.1, 0.15) is 11.5 Å². The van der Waals surface area contributed by atoms with Crippen LogP contribution in [0, 0.1) is 0 Å². The number of morpholine rings is 1. The molecule has 0 N–H and O–H groups in total.